The van der Waals surface area contributed by atoms with Gasteiger partial charge < -0.3 is 14.8 Å². The van der Waals surface area contributed by atoms with Crippen molar-refractivity contribution in [1.82, 2.24) is 15.0 Å². The SMILES string of the molecule is O=C(C[C@H]1CCC[C@@H](Cc2nc(-c3c[nH]c4c(F)cc(F)cc34)nc(C(=O)O)c2F)C1)OCc1ccccc1. The molecule has 2 atom stereocenters. The topological polar surface area (TPSA) is 105 Å². The fourth-order valence-corrected chi connectivity index (χ4v) is 5.31. The van der Waals surface area contributed by atoms with Crippen LogP contribution in [0.1, 0.15) is 53.8 Å². The lowest BCUT2D eigenvalue weighted by atomic mass is 9.78. The lowest BCUT2D eigenvalue weighted by Gasteiger charge is -2.28. The second-order valence-corrected chi connectivity index (χ2v) is 9.93. The van der Waals surface area contributed by atoms with E-state index in [0.717, 1.165) is 37.0 Å². The number of H-pyrrole nitrogens is 1. The van der Waals surface area contributed by atoms with Crippen molar-refractivity contribution >= 4 is 22.8 Å². The smallest absolute Gasteiger partial charge is 0.357 e. The molecule has 2 N–H and O–H groups in total. The molecule has 0 unspecified atom stereocenters. The summed E-state index contributed by atoms with van der Waals surface area (Å²) in [5.74, 6) is -4.68. The summed E-state index contributed by atoms with van der Waals surface area (Å²) in [5, 5.41) is 9.70. The molecule has 1 aliphatic carbocycles. The molecular formula is C29H26F3N3O4. The van der Waals surface area contributed by atoms with E-state index >= 15 is 4.39 Å². The highest BCUT2D eigenvalue weighted by atomic mass is 19.1. The molecule has 2 heterocycles. The van der Waals surface area contributed by atoms with Crippen LogP contribution < -0.4 is 0 Å². The van der Waals surface area contributed by atoms with Crippen molar-refractivity contribution in [2.75, 3.05) is 0 Å². The second kappa shape index (κ2) is 11.3. The van der Waals surface area contributed by atoms with Gasteiger partial charge in [0.1, 0.15) is 18.2 Å². The van der Waals surface area contributed by atoms with Crippen molar-refractivity contribution in [3.05, 3.63) is 83.1 Å². The molecule has 1 fully saturated rings. The van der Waals surface area contributed by atoms with Crippen LogP contribution in [0.15, 0.2) is 48.7 Å². The Balaban J connectivity index is 1.33. The number of halogens is 3. The van der Waals surface area contributed by atoms with Crippen LogP contribution in [0.5, 0.6) is 0 Å². The van der Waals surface area contributed by atoms with E-state index in [2.05, 4.69) is 15.0 Å². The van der Waals surface area contributed by atoms with E-state index in [4.69, 9.17) is 4.74 Å². The molecule has 10 heteroatoms. The van der Waals surface area contributed by atoms with Crippen LogP contribution in [0, 0.1) is 29.3 Å². The molecule has 2 aromatic carbocycles. The summed E-state index contributed by atoms with van der Waals surface area (Å²) in [6.45, 7) is 0.199. The largest absolute Gasteiger partial charge is 0.476 e. The predicted octanol–water partition coefficient (Wildman–Crippen LogP) is 6.22. The Labute approximate surface area is 222 Å². The number of carbonyl (C=O) groups is 2. The lowest BCUT2D eigenvalue weighted by molar-refractivity contribution is -0.146. The van der Waals surface area contributed by atoms with Crippen LogP contribution in [0.3, 0.4) is 0 Å². The zero-order valence-electron chi connectivity index (χ0n) is 20.9. The van der Waals surface area contributed by atoms with Crippen molar-refractivity contribution in [1.29, 1.82) is 0 Å². The number of fused-ring (bicyclic) bond motifs is 1. The van der Waals surface area contributed by atoms with Gasteiger partial charge in [0, 0.05) is 29.6 Å². The van der Waals surface area contributed by atoms with Crippen LogP contribution in [0.2, 0.25) is 0 Å². The van der Waals surface area contributed by atoms with E-state index in [-0.39, 0.29) is 65.2 Å². The van der Waals surface area contributed by atoms with E-state index in [1.54, 1.807) is 0 Å². The highest BCUT2D eigenvalue weighted by Gasteiger charge is 2.28. The fraction of sp³-hybridized carbons (Fsp3) is 0.310. The van der Waals surface area contributed by atoms with E-state index in [1.807, 2.05) is 30.3 Å². The molecule has 0 bridgehead atoms. The minimum Gasteiger partial charge on any atom is -0.476 e. The number of benzene rings is 2. The predicted molar refractivity (Wildman–Crippen MR) is 136 cm³/mol. The van der Waals surface area contributed by atoms with Gasteiger partial charge in [-0.3, -0.25) is 4.79 Å². The Morgan fingerprint density at radius 1 is 1.05 bits per heavy atom. The van der Waals surface area contributed by atoms with Gasteiger partial charge in [0.05, 0.1) is 11.2 Å². The Hall–Kier alpha value is -4.21. The van der Waals surface area contributed by atoms with E-state index in [1.165, 1.54) is 6.20 Å². The molecule has 0 amide bonds. The van der Waals surface area contributed by atoms with Crippen LogP contribution in [-0.2, 0) is 22.6 Å². The molecule has 1 saturated carbocycles. The third-order valence-corrected chi connectivity index (χ3v) is 7.14. The number of aromatic amines is 1. The Morgan fingerprint density at radius 2 is 1.82 bits per heavy atom. The van der Waals surface area contributed by atoms with E-state index in [9.17, 15) is 23.5 Å². The third kappa shape index (κ3) is 5.94. The van der Waals surface area contributed by atoms with Gasteiger partial charge in [-0.25, -0.2) is 27.9 Å². The van der Waals surface area contributed by atoms with Gasteiger partial charge >= 0.3 is 11.9 Å². The first-order valence-electron chi connectivity index (χ1n) is 12.7. The molecule has 1 aliphatic rings. The van der Waals surface area contributed by atoms with Crippen LogP contribution in [-0.4, -0.2) is 32.0 Å². The normalized spacial score (nSPS) is 17.3. The quantitative estimate of drug-likeness (QED) is 0.259. The minimum absolute atomic E-state index is 0.00650. The Bertz CT molecular complexity index is 1520. The van der Waals surface area contributed by atoms with Gasteiger partial charge in [-0.2, -0.15) is 0 Å². The number of esters is 1. The van der Waals surface area contributed by atoms with Crippen molar-refractivity contribution < 1.29 is 32.6 Å². The third-order valence-electron chi connectivity index (χ3n) is 7.14. The summed E-state index contributed by atoms with van der Waals surface area (Å²) in [5.41, 5.74) is 0.179. The summed E-state index contributed by atoms with van der Waals surface area (Å²) >= 11 is 0. The molecule has 5 rings (SSSR count). The molecule has 0 aliphatic heterocycles. The average Bonchev–Trinajstić information content (AvgIpc) is 3.33. The molecule has 2 aromatic heterocycles. The molecule has 0 radical (unpaired) electrons. The Kier molecular flexibility index (Phi) is 7.63. The molecule has 4 aromatic rings. The average molecular weight is 538 g/mol. The Morgan fingerprint density at radius 3 is 2.59 bits per heavy atom. The molecule has 7 nitrogen and oxygen atoms in total. The fourth-order valence-electron chi connectivity index (χ4n) is 5.31. The zero-order valence-corrected chi connectivity index (χ0v) is 20.9. The van der Waals surface area contributed by atoms with Crippen molar-refractivity contribution in [3.63, 3.8) is 0 Å². The standard InChI is InChI=1S/C29H26F3N3O4/c30-19-12-20-21(14-33-26(20)22(31)13-19)28-34-23(25(32)27(35-28)29(37)38)10-17-7-4-8-18(9-17)11-24(36)39-15-16-5-2-1-3-6-16/h1-3,5-6,12-14,17-18,33H,4,7-11,15H2,(H,37,38)/t17-,18+/m1/s1. The summed E-state index contributed by atoms with van der Waals surface area (Å²) in [6, 6.07) is 11.2. The number of ether oxygens (including phenoxy) is 1. The monoisotopic (exact) mass is 537 g/mol. The number of hydrogen-bond donors (Lipinski definition) is 2. The van der Waals surface area contributed by atoms with Gasteiger partial charge in [-0.1, -0.05) is 43.2 Å². The first kappa shape index (κ1) is 26.4. The van der Waals surface area contributed by atoms with Gasteiger partial charge in [-0.05, 0) is 42.7 Å². The van der Waals surface area contributed by atoms with Crippen LogP contribution >= 0.6 is 0 Å². The van der Waals surface area contributed by atoms with Crippen molar-refractivity contribution in [2.45, 2.75) is 45.1 Å². The van der Waals surface area contributed by atoms with E-state index in [0.29, 0.717) is 6.42 Å². The van der Waals surface area contributed by atoms with Crippen molar-refractivity contribution in [2.24, 2.45) is 11.8 Å². The zero-order chi connectivity index (χ0) is 27.5. The first-order chi connectivity index (χ1) is 18.8. The van der Waals surface area contributed by atoms with Gasteiger partial charge in [0.25, 0.3) is 0 Å². The summed E-state index contributed by atoms with van der Waals surface area (Å²) in [7, 11) is 0. The number of hydrogen-bond acceptors (Lipinski definition) is 5. The number of carboxylic acids is 1. The number of carboxylic acid groups (broad SMARTS) is 1. The summed E-state index contributed by atoms with van der Waals surface area (Å²) in [4.78, 5) is 35.1. The van der Waals surface area contributed by atoms with Crippen molar-refractivity contribution in [3.8, 4) is 11.4 Å². The molecule has 202 valence electrons. The second-order valence-electron chi connectivity index (χ2n) is 9.93. The minimum atomic E-state index is -1.57. The van der Waals surface area contributed by atoms with Crippen LogP contribution in [0.4, 0.5) is 13.2 Å². The molecule has 39 heavy (non-hydrogen) atoms. The molecule has 0 spiro atoms. The highest BCUT2D eigenvalue weighted by Crippen LogP contribution is 2.35. The molecule has 0 saturated heterocycles. The summed E-state index contributed by atoms with van der Waals surface area (Å²) < 4.78 is 48.7. The number of aromatic nitrogens is 3. The maximum Gasteiger partial charge on any atom is 0.357 e. The first-order valence-corrected chi connectivity index (χ1v) is 12.7. The lowest BCUT2D eigenvalue weighted by Crippen LogP contribution is -2.22. The summed E-state index contributed by atoms with van der Waals surface area (Å²) in [6.07, 6.45) is 4.78. The number of rotatable bonds is 8. The number of carbonyl (C=O) groups excluding carboxylic acids is 1. The van der Waals surface area contributed by atoms with Crippen LogP contribution in [0.25, 0.3) is 22.3 Å². The molecular weight excluding hydrogens is 511 g/mol. The maximum absolute atomic E-state index is 15.2. The maximum atomic E-state index is 15.2. The van der Waals surface area contributed by atoms with Gasteiger partial charge in [-0.15, -0.1) is 0 Å². The van der Waals surface area contributed by atoms with Gasteiger partial charge in [0.15, 0.2) is 17.3 Å². The number of nitrogens with zero attached hydrogens (tertiary/aromatic N) is 2. The highest BCUT2D eigenvalue weighted by molar-refractivity contribution is 5.95. The van der Waals surface area contributed by atoms with Gasteiger partial charge in [0.2, 0.25) is 0 Å². The van der Waals surface area contributed by atoms with E-state index < -0.39 is 29.1 Å². The number of aromatic carboxylic acids is 1. The number of nitrogens with one attached hydrogen (secondary N) is 1.